The molecule has 0 aliphatic rings. The van der Waals surface area contributed by atoms with Crippen LogP contribution < -0.4 is 10.6 Å². The lowest BCUT2D eigenvalue weighted by atomic mass is 9.98. The van der Waals surface area contributed by atoms with E-state index in [0.717, 1.165) is 93.0 Å². The van der Waals surface area contributed by atoms with Gasteiger partial charge >= 0.3 is 0 Å². The molecule has 0 spiro atoms. The van der Waals surface area contributed by atoms with E-state index in [0.29, 0.717) is 0 Å². The Morgan fingerprint density at radius 3 is 1.17 bits per heavy atom. The van der Waals surface area contributed by atoms with Crippen LogP contribution in [0, 0.1) is 0 Å². The summed E-state index contributed by atoms with van der Waals surface area (Å²) < 4.78 is 19.1. The molecule has 3 aromatic heterocycles. The molecule has 15 rings (SSSR count). The number of nitrogen functional groups attached to an aromatic ring is 1. The Bertz CT molecular complexity index is 4390. The Balaban J connectivity index is 0.000000147. The Morgan fingerprint density at radius 2 is 0.662 bits per heavy atom. The summed E-state index contributed by atoms with van der Waals surface area (Å²) in [5.74, 6) is 0. The van der Waals surface area contributed by atoms with Gasteiger partial charge in [-0.2, -0.15) is 0 Å². The van der Waals surface area contributed by atoms with Crippen LogP contribution >= 0.6 is 15.9 Å². The fraction of sp³-hybridized carbons (Fsp3) is 0. The second-order valence-corrected chi connectivity index (χ2v) is 18.4. The van der Waals surface area contributed by atoms with E-state index in [-0.39, 0.29) is 9.84 Å². The number of benzene rings is 12. The second-order valence-electron chi connectivity index (χ2n) is 17.5. The van der Waals surface area contributed by atoms with Gasteiger partial charge in [0.2, 0.25) is 0 Å². The standard InChI is InChI=1S/C38H23NO2.C14H11N.C12H7BrO.B.H2/c1-2-10-27-24(9-1)21-34(29-12-4-3-11-28(27)29)39(25-17-19-37-32(22-25)30-13-5-7-15-35(30)40-37)26-18-20-38-33(23-26)31-14-6-8-16-36(31)41-38;15-14-9-10-5-1-2-6-11(10)12-7-3-4-8-13(12)14;13-8-5-6-12-10(7-8)9-3-1-2-4-11(9)14-12;;/h1-23H;1-9H,15H2;1-7H;;1H/i;;;;1+1. The van der Waals surface area contributed by atoms with Gasteiger partial charge in [-0.1, -0.05) is 168 Å². The minimum absolute atomic E-state index is 0. The van der Waals surface area contributed by atoms with Crippen LogP contribution in [0.4, 0.5) is 22.7 Å². The number of fused-ring (bicyclic) bond motifs is 15. The molecule has 7 heteroatoms. The highest BCUT2D eigenvalue weighted by molar-refractivity contribution is 9.10. The van der Waals surface area contributed by atoms with E-state index < -0.39 is 0 Å². The van der Waals surface area contributed by atoms with Crippen molar-refractivity contribution in [1.29, 1.82) is 0 Å². The Kier molecular flexibility index (Phi) is 11.0. The van der Waals surface area contributed by atoms with Crippen molar-refractivity contribution in [2.75, 3.05) is 10.6 Å². The van der Waals surface area contributed by atoms with Crippen LogP contribution in [-0.2, 0) is 0 Å². The molecular weight excluding hydrogens is 935 g/mol. The lowest BCUT2D eigenvalue weighted by molar-refractivity contribution is 0.668. The highest BCUT2D eigenvalue weighted by Crippen LogP contribution is 2.45. The maximum Gasteiger partial charge on any atom is 0.135 e. The van der Waals surface area contributed by atoms with Crippen LogP contribution in [0.3, 0.4) is 0 Å². The minimum atomic E-state index is 0. The van der Waals surface area contributed by atoms with E-state index in [4.69, 9.17) is 19.0 Å². The molecule has 12 aromatic carbocycles. The van der Waals surface area contributed by atoms with Gasteiger partial charge in [-0.25, -0.2) is 0 Å². The number of para-hydroxylation sites is 3. The third-order valence-corrected chi connectivity index (χ3v) is 13.9. The third kappa shape index (κ3) is 7.68. The van der Waals surface area contributed by atoms with Gasteiger partial charge in [0.15, 0.2) is 0 Å². The highest BCUT2D eigenvalue weighted by Gasteiger charge is 2.20. The first-order valence-electron chi connectivity index (χ1n) is 23.3. The van der Waals surface area contributed by atoms with Crippen molar-refractivity contribution in [3.63, 3.8) is 0 Å². The number of nitrogens with two attached hydrogens (primary N) is 1. The molecule has 0 saturated heterocycles. The molecule has 0 atom stereocenters. The maximum absolute atomic E-state index is 6.19. The predicted molar refractivity (Wildman–Crippen MR) is 306 cm³/mol. The van der Waals surface area contributed by atoms with Gasteiger partial charge in [-0.3, -0.25) is 0 Å². The molecule has 0 aliphatic carbocycles. The third-order valence-electron chi connectivity index (χ3n) is 13.4. The molecule has 337 valence electrons. The fourth-order valence-electron chi connectivity index (χ4n) is 10.1. The summed E-state index contributed by atoms with van der Waals surface area (Å²) in [6.45, 7) is 0. The fourth-order valence-corrected chi connectivity index (χ4v) is 10.5. The van der Waals surface area contributed by atoms with Crippen LogP contribution in [-0.4, -0.2) is 8.41 Å². The minimum Gasteiger partial charge on any atom is -0.456 e. The lowest BCUT2D eigenvalue weighted by Gasteiger charge is -2.27. The van der Waals surface area contributed by atoms with E-state index in [9.17, 15) is 0 Å². The van der Waals surface area contributed by atoms with Gasteiger partial charge in [0.25, 0.3) is 0 Å². The molecule has 0 bridgehead atoms. The molecule has 0 aliphatic heterocycles. The summed E-state index contributed by atoms with van der Waals surface area (Å²) in [6.07, 6.45) is 0. The van der Waals surface area contributed by atoms with Crippen molar-refractivity contribution in [2.45, 2.75) is 0 Å². The zero-order valence-electron chi connectivity index (χ0n) is 38.2. The smallest absolute Gasteiger partial charge is 0.135 e. The first-order valence-corrected chi connectivity index (χ1v) is 24.1. The Hall–Kier alpha value is -8.78. The number of halogens is 1. The molecule has 0 amide bonds. The van der Waals surface area contributed by atoms with Gasteiger partial charge in [-0.05, 0) is 117 Å². The van der Waals surface area contributed by atoms with Gasteiger partial charge in [0, 0.05) is 74.5 Å². The average molecular weight is 980 g/mol. The van der Waals surface area contributed by atoms with Crippen molar-refractivity contribution < 1.29 is 14.7 Å². The summed E-state index contributed by atoms with van der Waals surface area (Å²) in [7, 11) is 0. The number of hydrogen-bond acceptors (Lipinski definition) is 5. The van der Waals surface area contributed by atoms with Crippen molar-refractivity contribution in [3.05, 3.63) is 241 Å². The number of hydrogen-bond donors (Lipinski definition) is 1. The van der Waals surface area contributed by atoms with Crippen LogP contribution in [0.2, 0.25) is 0 Å². The number of nitrogens with zero attached hydrogens (tertiary/aromatic N) is 1. The molecular formula is C64H43BBrN2O3. The summed E-state index contributed by atoms with van der Waals surface area (Å²) in [6, 6.07) is 81.9. The Morgan fingerprint density at radius 1 is 0.310 bits per heavy atom. The van der Waals surface area contributed by atoms with Crippen molar-refractivity contribution >= 4 is 156 Å². The zero-order chi connectivity index (χ0) is 46.7. The van der Waals surface area contributed by atoms with Gasteiger partial charge in [0.1, 0.15) is 33.5 Å². The quantitative estimate of drug-likeness (QED) is 0.109. The molecule has 0 unspecified atom stereocenters. The summed E-state index contributed by atoms with van der Waals surface area (Å²) in [5.41, 5.74) is 15.6. The van der Waals surface area contributed by atoms with E-state index >= 15 is 0 Å². The molecule has 15 aromatic rings. The van der Waals surface area contributed by atoms with E-state index in [1.54, 1.807) is 0 Å². The van der Waals surface area contributed by atoms with E-state index in [1.165, 1.54) is 43.1 Å². The molecule has 2 N–H and O–H groups in total. The topological polar surface area (TPSA) is 68.7 Å². The molecule has 3 heterocycles. The monoisotopic (exact) mass is 978 g/mol. The molecule has 71 heavy (non-hydrogen) atoms. The maximum atomic E-state index is 6.19. The van der Waals surface area contributed by atoms with E-state index in [1.807, 2.05) is 78.9 Å². The number of furan rings is 3. The molecule has 0 fully saturated rings. The Labute approximate surface area is 420 Å². The summed E-state index contributed by atoms with van der Waals surface area (Å²) in [4.78, 5) is 2.37. The lowest BCUT2D eigenvalue weighted by Crippen LogP contribution is -2.10. The zero-order valence-corrected chi connectivity index (χ0v) is 39.8. The molecule has 5 nitrogen and oxygen atoms in total. The van der Waals surface area contributed by atoms with Crippen LogP contribution in [0.25, 0.3) is 109 Å². The molecule has 0 saturated carbocycles. The van der Waals surface area contributed by atoms with Crippen LogP contribution in [0.5, 0.6) is 0 Å². The van der Waals surface area contributed by atoms with Gasteiger partial charge in [0.05, 0.1) is 5.69 Å². The number of rotatable bonds is 3. The van der Waals surface area contributed by atoms with Crippen LogP contribution in [0.1, 0.15) is 1.43 Å². The van der Waals surface area contributed by atoms with Gasteiger partial charge < -0.3 is 23.9 Å². The van der Waals surface area contributed by atoms with Crippen molar-refractivity contribution in [3.8, 4) is 0 Å². The predicted octanol–water partition coefficient (Wildman–Crippen LogP) is 19.1. The van der Waals surface area contributed by atoms with E-state index in [2.05, 4.69) is 179 Å². The van der Waals surface area contributed by atoms with Crippen molar-refractivity contribution in [1.82, 2.24) is 0 Å². The normalized spacial score (nSPS) is 11.4. The summed E-state index contributed by atoms with van der Waals surface area (Å²) in [5, 5.41) is 16.5. The largest absolute Gasteiger partial charge is 0.456 e. The first kappa shape index (κ1) is 43.5. The van der Waals surface area contributed by atoms with Crippen LogP contribution in [0.15, 0.2) is 254 Å². The molecule has 3 radical (unpaired) electrons. The summed E-state index contributed by atoms with van der Waals surface area (Å²) >= 11 is 3.46. The second kappa shape index (κ2) is 18.0. The first-order chi connectivity index (χ1) is 34.5. The average Bonchev–Trinajstić information content (AvgIpc) is 4.10. The van der Waals surface area contributed by atoms with Gasteiger partial charge in [-0.15, -0.1) is 0 Å². The number of anilines is 4. The van der Waals surface area contributed by atoms with Crippen molar-refractivity contribution in [2.24, 2.45) is 0 Å². The SMILES string of the molecule is Brc1ccc2oc3ccccc3c2c1.Nc1cc2ccccc2c2ccccc12.[2HH].[B].c1ccc2c(c1)cc(N(c1ccc3oc4ccccc4c3c1)c1ccc3oc4ccccc4c3c1)c1ccccc12. The highest BCUT2D eigenvalue weighted by atomic mass is 79.9.